The Hall–Kier alpha value is -6.65. The molecule has 0 aliphatic heterocycles. The van der Waals surface area contributed by atoms with Gasteiger partial charge >= 0.3 is 0 Å². The van der Waals surface area contributed by atoms with Crippen LogP contribution in [0.1, 0.15) is 22.8 Å². The monoisotopic (exact) mass is 656 g/mol. The molecule has 0 aliphatic rings. The maximum Gasteiger partial charge on any atom is 0.160 e. The summed E-state index contributed by atoms with van der Waals surface area (Å²) < 4.78 is 4.80. The Kier molecular flexibility index (Phi) is 6.27. The first-order valence-electron chi connectivity index (χ1n) is 17.3. The van der Waals surface area contributed by atoms with E-state index < -0.39 is 0 Å². The molecule has 0 saturated heterocycles. The predicted molar refractivity (Wildman–Crippen MR) is 212 cm³/mol. The van der Waals surface area contributed by atoms with E-state index >= 15 is 0 Å². The molecule has 2 aromatic heterocycles. The lowest BCUT2D eigenvalue weighted by molar-refractivity contribution is 0.101. The molecule has 10 aromatic rings. The maximum absolute atomic E-state index is 13.1. The molecule has 0 saturated carbocycles. The Morgan fingerprint density at radius 1 is 0.490 bits per heavy atom. The molecule has 0 fully saturated rings. The maximum atomic E-state index is 13.1. The average Bonchev–Trinajstić information content (AvgIpc) is 3.70. The predicted octanol–water partition coefficient (Wildman–Crippen LogP) is 12.1. The summed E-state index contributed by atoms with van der Waals surface area (Å²) in [6.07, 6.45) is 0. The minimum atomic E-state index is -0.00207. The molecule has 0 bridgehead atoms. The number of hydrogen-bond donors (Lipinski definition) is 1. The number of Topliss-reactive ketones (excluding diaryl/α,β-unsaturated/α-hetero) is 1. The molecule has 0 unspecified atom stereocenters. The van der Waals surface area contributed by atoms with Crippen molar-refractivity contribution >= 4 is 70.9 Å². The van der Waals surface area contributed by atoms with Crippen LogP contribution in [0.25, 0.3) is 87.7 Å². The summed E-state index contributed by atoms with van der Waals surface area (Å²) in [5, 5.41) is 20.0. The van der Waals surface area contributed by atoms with Gasteiger partial charge in [0.1, 0.15) is 5.75 Å². The number of fused-ring (bicyclic) bond motifs is 10. The number of benzene rings is 8. The quantitative estimate of drug-likeness (QED) is 0.151. The van der Waals surface area contributed by atoms with Gasteiger partial charge in [0.05, 0.1) is 22.1 Å². The van der Waals surface area contributed by atoms with Crippen LogP contribution < -0.4 is 0 Å². The first-order chi connectivity index (χ1) is 25.0. The second-order valence-electron chi connectivity index (χ2n) is 13.4. The molecule has 0 aliphatic carbocycles. The summed E-state index contributed by atoms with van der Waals surface area (Å²) in [7, 11) is 0. The van der Waals surface area contributed by atoms with Crippen LogP contribution in [0.3, 0.4) is 0 Å². The van der Waals surface area contributed by atoms with E-state index in [2.05, 4.69) is 118 Å². The molecule has 0 radical (unpaired) electrons. The molecule has 10 rings (SSSR count). The highest BCUT2D eigenvalue weighted by molar-refractivity contribution is 6.24. The van der Waals surface area contributed by atoms with Gasteiger partial charge in [0.25, 0.3) is 0 Å². The summed E-state index contributed by atoms with van der Waals surface area (Å²) in [5.41, 5.74) is 9.76. The summed E-state index contributed by atoms with van der Waals surface area (Å²) in [4.78, 5) is 13.1. The van der Waals surface area contributed by atoms with Crippen molar-refractivity contribution in [3.8, 4) is 28.3 Å². The van der Waals surface area contributed by atoms with Crippen LogP contribution in [0.4, 0.5) is 0 Å². The highest BCUT2D eigenvalue weighted by Crippen LogP contribution is 2.46. The van der Waals surface area contributed by atoms with Crippen LogP contribution in [-0.2, 0) is 0 Å². The van der Waals surface area contributed by atoms with E-state index in [0.717, 1.165) is 82.4 Å². The Morgan fingerprint density at radius 2 is 1.02 bits per heavy atom. The number of hydrogen-bond acceptors (Lipinski definition) is 2. The van der Waals surface area contributed by atoms with Gasteiger partial charge in [-0.3, -0.25) is 4.79 Å². The van der Waals surface area contributed by atoms with Crippen molar-refractivity contribution in [2.75, 3.05) is 0 Å². The molecule has 0 atom stereocenters. The summed E-state index contributed by atoms with van der Waals surface area (Å²) in [6.45, 7) is 3.60. The van der Waals surface area contributed by atoms with Gasteiger partial charge in [-0.25, -0.2) is 0 Å². The van der Waals surface area contributed by atoms with Gasteiger partial charge in [0.15, 0.2) is 5.78 Å². The molecule has 0 amide bonds. The zero-order valence-corrected chi connectivity index (χ0v) is 28.2. The molecule has 2 heterocycles. The zero-order valence-electron chi connectivity index (χ0n) is 28.2. The van der Waals surface area contributed by atoms with E-state index in [4.69, 9.17) is 0 Å². The first kappa shape index (κ1) is 29.3. The molecule has 0 spiro atoms. The number of phenolic OH excluding ortho intramolecular Hbond substituents is 1. The van der Waals surface area contributed by atoms with Crippen molar-refractivity contribution in [1.82, 2.24) is 9.13 Å². The molecule has 242 valence electrons. The summed E-state index contributed by atoms with van der Waals surface area (Å²) in [6, 6.07) is 52.7. The fourth-order valence-electron chi connectivity index (χ4n) is 8.47. The number of nitrogens with zero attached hydrogens (tertiary/aromatic N) is 2. The Bertz CT molecular complexity index is 3070. The van der Waals surface area contributed by atoms with Crippen LogP contribution in [0, 0.1) is 6.92 Å². The number of rotatable bonds is 4. The van der Waals surface area contributed by atoms with Crippen molar-refractivity contribution in [3.63, 3.8) is 0 Å². The van der Waals surface area contributed by atoms with Crippen LogP contribution in [0.5, 0.6) is 5.75 Å². The van der Waals surface area contributed by atoms with Gasteiger partial charge in [-0.05, 0) is 83.1 Å². The van der Waals surface area contributed by atoms with Crippen LogP contribution >= 0.6 is 0 Å². The molecular formula is C47H32N2O2. The number of aryl methyl sites for hydroxylation is 1. The first-order valence-corrected chi connectivity index (χ1v) is 17.3. The van der Waals surface area contributed by atoms with E-state index in [9.17, 15) is 9.90 Å². The normalized spacial score (nSPS) is 11.9. The molecule has 1 N–H and O–H groups in total. The van der Waals surface area contributed by atoms with Crippen LogP contribution in [-0.4, -0.2) is 20.0 Å². The summed E-state index contributed by atoms with van der Waals surface area (Å²) in [5.74, 6) is 0.260. The minimum Gasteiger partial charge on any atom is -0.507 e. The molecular weight excluding hydrogens is 625 g/mol. The van der Waals surface area contributed by atoms with E-state index in [1.54, 1.807) is 6.92 Å². The van der Waals surface area contributed by atoms with Gasteiger partial charge in [-0.1, -0.05) is 115 Å². The molecule has 8 aromatic carbocycles. The molecule has 4 heteroatoms. The third kappa shape index (κ3) is 4.11. The van der Waals surface area contributed by atoms with Gasteiger partial charge < -0.3 is 14.2 Å². The number of carbonyl (C=O) groups is 1. The fourth-order valence-corrected chi connectivity index (χ4v) is 8.47. The standard InChI is InChI=1S/C47H32N2O2/c1-28-44-40(33-17-7-6-16-32(33)29(2)50)26-31(27-41(44)34-18-8-9-21-39(34)47(28)51)49-43-23-13-11-20-36(43)38-25-24-37-35-19-10-12-22-42(35)48(45(37)46(38)49)30-14-4-3-5-15-30/h3-27,51H,1-2H3. The van der Waals surface area contributed by atoms with Gasteiger partial charge in [0, 0.05) is 43.9 Å². The van der Waals surface area contributed by atoms with Gasteiger partial charge in [0.2, 0.25) is 0 Å². The fraction of sp³-hybridized carbons (Fsp3) is 0.0426. The topological polar surface area (TPSA) is 47.2 Å². The third-order valence-electron chi connectivity index (χ3n) is 10.7. The molecule has 51 heavy (non-hydrogen) atoms. The number of ketones is 1. The Labute approximate surface area is 294 Å². The number of para-hydroxylation sites is 3. The second kappa shape index (κ2) is 10.9. The minimum absolute atomic E-state index is 0.00207. The Morgan fingerprint density at radius 3 is 1.67 bits per heavy atom. The smallest absolute Gasteiger partial charge is 0.160 e. The van der Waals surface area contributed by atoms with Crippen molar-refractivity contribution in [3.05, 3.63) is 163 Å². The number of aromatic hydroxyl groups is 1. The van der Waals surface area contributed by atoms with Crippen molar-refractivity contribution in [1.29, 1.82) is 0 Å². The van der Waals surface area contributed by atoms with E-state index in [1.807, 2.05) is 49.4 Å². The number of aromatic nitrogens is 2. The summed E-state index contributed by atoms with van der Waals surface area (Å²) >= 11 is 0. The number of carbonyl (C=O) groups excluding carboxylic acids is 1. The molecule has 4 nitrogen and oxygen atoms in total. The van der Waals surface area contributed by atoms with Crippen molar-refractivity contribution in [2.24, 2.45) is 0 Å². The Balaban J connectivity index is 1.46. The van der Waals surface area contributed by atoms with E-state index in [0.29, 0.717) is 5.56 Å². The second-order valence-corrected chi connectivity index (χ2v) is 13.4. The zero-order chi connectivity index (χ0) is 34.4. The van der Waals surface area contributed by atoms with E-state index in [1.165, 1.54) is 10.8 Å². The lowest BCUT2D eigenvalue weighted by Crippen LogP contribution is -2.01. The van der Waals surface area contributed by atoms with E-state index in [-0.39, 0.29) is 11.5 Å². The highest BCUT2D eigenvalue weighted by Gasteiger charge is 2.24. The largest absolute Gasteiger partial charge is 0.507 e. The lowest BCUT2D eigenvalue weighted by atomic mass is 9.88. The van der Waals surface area contributed by atoms with Crippen molar-refractivity contribution < 1.29 is 9.90 Å². The van der Waals surface area contributed by atoms with Crippen LogP contribution in [0.15, 0.2) is 152 Å². The van der Waals surface area contributed by atoms with Gasteiger partial charge in [-0.2, -0.15) is 0 Å². The van der Waals surface area contributed by atoms with Crippen molar-refractivity contribution in [2.45, 2.75) is 13.8 Å². The van der Waals surface area contributed by atoms with Gasteiger partial charge in [-0.15, -0.1) is 0 Å². The number of phenols is 1. The average molecular weight is 657 g/mol. The van der Waals surface area contributed by atoms with Crippen LogP contribution in [0.2, 0.25) is 0 Å². The highest BCUT2D eigenvalue weighted by atomic mass is 16.3. The third-order valence-corrected chi connectivity index (χ3v) is 10.7. The SMILES string of the molecule is CC(=O)c1ccccc1-c1cc(-n2c3ccccc3c3ccc4c5ccccc5n(-c5ccccc5)c4c32)cc2c1c(C)c(O)c1ccccc12. The lowest BCUT2D eigenvalue weighted by Gasteiger charge is -2.20.